The van der Waals surface area contributed by atoms with Gasteiger partial charge in [-0.3, -0.25) is 4.55 Å². The van der Waals surface area contributed by atoms with Crippen molar-refractivity contribution in [2.24, 2.45) is 0 Å². The lowest BCUT2D eigenvalue weighted by Crippen LogP contribution is -2.37. The fourth-order valence-corrected chi connectivity index (χ4v) is 8.52. The molecular weight excluding hydrogens is 595 g/mol. The molecule has 0 bridgehead atoms. The van der Waals surface area contributed by atoms with E-state index < -0.39 is 15.5 Å². The zero-order valence-electron chi connectivity index (χ0n) is 28.9. The molecule has 0 spiro atoms. The van der Waals surface area contributed by atoms with Gasteiger partial charge in [0.1, 0.15) is 0 Å². The molecule has 246 valence electrons. The van der Waals surface area contributed by atoms with E-state index in [1.165, 1.54) is 45.4 Å². The Labute approximate surface area is 275 Å². The quantitative estimate of drug-likeness (QED) is 0.261. The highest BCUT2D eigenvalue weighted by molar-refractivity contribution is 7.85. The van der Waals surface area contributed by atoms with E-state index in [1.54, 1.807) is 6.07 Å². The van der Waals surface area contributed by atoms with Gasteiger partial charge in [-0.2, -0.15) is 13.0 Å². The molecule has 3 heterocycles. The van der Waals surface area contributed by atoms with Crippen LogP contribution in [0.15, 0.2) is 76.0 Å². The number of benzene rings is 2. The van der Waals surface area contributed by atoms with Gasteiger partial charge in [0.15, 0.2) is 11.8 Å². The van der Waals surface area contributed by atoms with Crippen LogP contribution in [0, 0.1) is 6.92 Å². The molecule has 0 radical (unpaired) electrons. The number of hydrogen-bond acceptors (Lipinski definition) is 5. The lowest BCUT2D eigenvalue weighted by atomic mass is 9.80. The number of allylic oxidation sites excluding steroid dienone is 5. The number of fused-ring (bicyclic) bond motifs is 2. The molecule has 46 heavy (non-hydrogen) atoms. The molecule has 1 aliphatic carbocycles. The van der Waals surface area contributed by atoms with Gasteiger partial charge in [-0.05, 0) is 102 Å². The predicted molar refractivity (Wildman–Crippen MR) is 186 cm³/mol. The van der Waals surface area contributed by atoms with Crippen molar-refractivity contribution < 1.29 is 22.3 Å². The topological polar surface area (TPSA) is 73.1 Å². The monoisotopic (exact) mass is 644 g/mol. The highest BCUT2D eigenvalue weighted by Crippen LogP contribution is 2.51. The molecule has 1 fully saturated rings. The van der Waals surface area contributed by atoms with Crippen LogP contribution < -0.4 is 4.90 Å². The van der Waals surface area contributed by atoms with E-state index in [-0.39, 0.29) is 16.4 Å². The molecule has 4 aliphatic rings. The van der Waals surface area contributed by atoms with Crippen molar-refractivity contribution in [2.75, 3.05) is 31.2 Å². The van der Waals surface area contributed by atoms with E-state index in [4.69, 9.17) is 4.74 Å². The molecule has 0 unspecified atom stereocenters. The third kappa shape index (κ3) is 5.36. The van der Waals surface area contributed by atoms with Crippen LogP contribution in [-0.2, 0) is 25.7 Å². The number of nitrogens with zero attached hydrogens (tertiary/aromatic N) is 3. The second-order valence-electron chi connectivity index (χ2n) is 14.9. The fourth-order valence-electron chi connectivity index (χ4n) is 8.01. The normalized spacial score (nSPS) is 22.7. The lowest BCUT2D eigenvalue weighted by Gasteiger charge is -2.33. The van der Waals surface area contributed by atoms with Gasteiger partial charge in [0, 0.05) is 59.3 Å². The van der Waals surface area contributed by atoms with Crippen molar-refractivity contribution in [3.8, 4) is 0 Å². The second-order valence-corrected chi connectivity index (χ2v) is 16.3. The molecular formula is C38H50N3O4S+. The maximum Gasteiger partial charge on any atom is 0.294 e. The van der Waals surface area contributed by atoms with Crippen LogP contribution in [0.5, 0.6) is 0 Å². The molecule has 3 aliphatic heterocycles. The van der Waals surface area contributed by atoms with Gasteiger partial charge in [-0.15, -0.1) is 0 Å². The van der Waals surface area contributed by atoms with Gasteiger partial charge in [-0.1, -0.05) is 31.5 Å². The van der Waals surface area contributed by atoms with E-state index in [1.807, 2.05) is 6.07 Å². The maximum atomic E-state index is 12.1. The number of rotatable bonds is 6. The van der Waals surface area contributed by atoms with E-state index >= 15 is 0 Å². The Morgan fingerprint density at radius 2 is 1.61 bits per heavy atom. The van der Waals surface area contributed by atoms with E-state index in [9.17, 15) is 13.0 Å². The second kappa shape index (κ2) is 11.5. The summed E-state index contributed by atoms with van der Waals surface area (Å²) in [6.07, 6.45) is 6.74. The summed E-state index contributed by atoms with van der Waals surface area (Å²) in [5, 5.41) is 0. The van der Waals surface area contributed by atoms with Crippen LogP contribution in [0.4, 0.5) is 11.4 Å². The van der Waals surface area contributed by atoms with Crippen molar-refractivity contribution in [2.45, 2.75) is 103 Å². The molecule has 0 amide bonds. The van der Waals surface area contributed by atoms with Crippen molar-refractivity contribution in [1.82, 2.24) is 4.90 Å². The highest BCUT2D eigenvalue weighted by atomic mass is 32.2. The molecule has 1 saturated heterocycles. The van der Waals surface area contributed by atoms with Gasteiger partial charge in [0.05, 0.1) is 23.5 Å². The van der Waals surface area contributed by atoms with Crippen molar-refractivity contribution >= 4 is 27.2 Å². The van der Waals surface area contributed by atoms with Gasteiger partial charge in [0.25, 0.3) is 10.1 Å². The molecule has 6 rings (SSSR count). The molecule has 0 atom stereocenters. The number of ether oxygens (including phenoxy) is 1. The molecule has 0 aromatic heterocycles. The molecule has 2 aromatic carbocycles. The first-order chi connectivity index (χ1) is 21.5. The Balaban J connectivity index is 1.53. The summed E-state index contributed by atoms with van der Waals surface area (Å²) >= 11 is 0. The van der Waals surface area contributed by atoms with Gasteiger partial charge in [0.2, 0.25) is 5.69 Å². The SMILES string of the molecule is Cc1ccc2c(c1)C(C)(C)C(=CC1=C(N3CCOCC3)C(=CC3=[N+](C(C)C)c4ccc(S(=O)(=O)O)cc4C3(C)C)CC1)N2C(C)C. The fraction of sp³-hybridized carbons (Fsp3) is 0.500. The Hall–Kier alpha value is -3.20. The third-order valence-corrected chi connectivity index (χ3v) is 11.2. The number of morpholine rings is 1. The van der Waals surface area contributed by atoms with Crippen molar-refractivity contribution in [3.05, 3.63) is 87.8 Å². The Bertz CT molecular complexity index is 1820. The lowest BCUT2D eigenvalue weighted by molar-refractivity contribution is -0.472. The summed E-state index contributed by atoms with van der Waals surface area (Å²) in [5.41, 5.74) is 11.7. The summed E-state index contributed by atoms with van der Waals surface area (Å²) < 4.78 is 42.2. The van der Waals surface area contributed by atoms with Crippen LogP contribution in [0.25, 0.3) is 0 Å². The molecule has 2 aromatic rings. The first-order valence-corrected chi connectivity index (χ1v) is 18.2. The van der Waals surface area contributed by atoms with E-state index in [0.717, 1.165) is 42.9 Å². The molecule has 8 heteroatoms. The Morgan fingerprint density at radius 3 is 2.24 bits per heavy atom. The number of hydrogen-bond donors (Lipinski definition) is 1. The number of aryl methyl sites for hydroxylation is 1. The molecule has 7 nitrogen and oxygen atoms in total. The first-order valence-electron chi connectivity index (χ1n) is 16.7. The largest absolute Gasteiger partial charge is 0.378 e. The smallest absolute Gasteiger partial charge is 0.294 e. The third-order valence-electron chi connectivity index (χ3n) is 10.3. The molecule has 0 saturated carbocycles. The zero-order chi connectivity index (χ0) is 33.3. The Kier molecular flexibility index (Phi) is 8.18. The highest BCUT2D eigenvalue weighted by Gasteiger charge is 2.47. The summed E-state index contributed by atoms with van der Waals surface area (Å²) in [5.74, 6) is 0. The van der Waals surface area contributed by atoms with Crippen LogP contribution in [0.3, 0.4) is 0 Å². The summed E-state index contributed by atoms with van der Waals surface area (Å²) in [4.78, 5) is 4.98. The van der Waals surface area contributed by atoms with Crippen LogP contribution in [0.2, 0.25) is 0 Å². The minimum atomic E-state index is -4.32. The van der Waals surface area contributed by atoms with E-state index in [2.05, 4.69) is 107 Å². The standard InChI is InChI=1S/C38H49N3O4S/c1-24(2)40-32-14-10-26(5)20-30(32)37(6,7)34(40)21-27-11-12-28(36(27)39-16-18-45-19-17-39)22-35-38(8,9)31-23-29(46(42,43)44)13-15-33(31)41(35)25(3)4/h10,13-15,20-25H,11-12,16-19H2,1-9H3/p+1. The van der Waals surface area contributed by atoms with E-state index in [0.29, 0.717) is 19.3 Å². The summed E-state index contributed by atoms with van der Waals surface area (Å²) in [6.45, 7) is 23.2. The predicted octanol–water partition coefficient (Wildman–Crippen LogP) is 7.42. The summed E-state index contributed by atoms with van der Waals surface area (Å²) in [6, 6.07) is 12.3. The minimum Gasteiger partial charge on any atom is -0.378 e. The van der Waals surface area contributed by atoms with Crippen LogP contribution in [0.1, 0.15) is 84.9 Å². The van der Waals surface area contributed by atoms with Gasteiger partial charge in [-0.25, -0.2) is 0 Å². The minimum absolute atomic E-state index is 0.0642. The maximum absolute atomic E-state index is 12.1. The van der Waals surface area contributed by atoms with Crippen molar-refractivity contribution in [1.29, 1.82) is 0 Å². The van der Waals surface area contributed by atoms with Crippen molar-refractivity contribution in [3.63, 3.8) is 0 Å². The van der Waals surface area contributed by atoms with Crippen LogP contribution in [-0.4, -0.2) is 66.5 Å². The Morgan fingerprint density at radius 1 is 0.913 bits per heavy atom. The average Bonchev–Trinajstić information content (AvgIpc) is 3.55. The first kappa shape index (κ1) is 32.7. The number of anilines is 1. The molecule has 1 N–H and O–H groups in total. The van der Waals surface area contributed by atoms with Gasteiger partial charge >= 0.3 is 0 Å². The zero-order valence-corrected chi connectivity index (χ0v) is 29.8. The van der Waals surface area contributed by atoms with Crippen LogP contribution >= 0.6 is 0 Å². The summed E-state index contributed by atoms with van der Waals surface area (Å²) in [7, 11) is -4.32. The van der Waals surface area contributed by atoms with Gasteiger partial charge < -0.3 is 14.5 Å². The average molecular weight is 645 g/mol.